The predicted molar refractivity (Wildman–Crippen MR) is 92.1 cm³/mol. The number of likely N-dealkylation sites (tertiary alicyclic amines) is 1. The third kappa shape index (κ3) is 4.39. The minimum Gasteiger partial charge on any atom is -0.489 e. The minimum absolute atomic E-state index is 0.0243. The van der Waals surface area contributed by atoms with Gasteiger partial charge in [-0.3, -0.25) is 0 Å². The molecule has 120 valence electrons. The fraction of sp³-hybridized carbons (Fsp3) is 0.278. The number of ether oxygens (including phenoxy) is 1. The Hall–Kier alpha value is -2.20. The Morgan fingerprint density at radius 1 is 1.17 bits per heavy atom. The number of anilines is 1. The molecule has 2 amide bonds. The van der Waals surface area contributed by atoms with Crippen molar-refractivity contribution in [2.24, 2.45) is 0 Å². The fourth-order valence-electron chi connectivity index (χ4n) is 2.68. The van der Waals surface area contributed by atoms with Crippen molar-refractivity contribution in [3.8, 4) is 5.75 Å². The molecule has 0 spiro atoms. The number of hydrogen-bond donors (Lipinski definition) is 1. The van der Waals surface area contributed by atoms with E-state index in [9.17, 15) is 4.79 Å². The minimum atomic E-state index is -0.117. The van der Waals surface area contributed by atoms with Crippen LogP contribution in [-0.2, 0) is 0 Å². The second-order valence-electron chi connectivity index (χ2n) is 5.58. The maximum atomic E-state index is 12.4. The third-order valence-corrected chi connectivity index (χ3v) is 4.02. The van der Waals surface area contributed by atoms with Crippen molar-refractivity contribution in [3.05, 3.63) is 59.6 Å². The molecule has 23 heavy (non-hydrogen) atoms. The van der Waals surface area contributed by atoms with Crippen molar-refractivity contribution in [3.63, 3.8) is 0 Å². The molecule has 0 bridgehead atoms. The lowest BCUT2D eigenvalue weighted by atomic mass is 10.1. The van der Waals surface area contributed by atoms with Gasteiger partial charge in [-0.05, 0) is 43.2 Å². The molecular weight excluding hydrogens is 312 g/mol. The number of benzene rings is 2. The Morgan fingerprint density at radius 2 is 2.00 bits per heavy atom. The average molecular weight is 331 g/mol. The second-order valence-corrected chi connectivity index (χ2v) is 6.02. The lowest BCUT2D eigenvalue weighted by Crippen LogP contribution is -2.46. The van der Waals surface area contributed by atoms with E-state index in [1.54, 1.807) is 17.0 Å². The van der Waals surface area contributed by atoms with E-state index < -0.39 is 0 Å². The van der Waals surface area contributed by atoms with Gasteiger partial charge in [0.2, 0.25) is 0 Å². The first kappa shape index (κ1) is 15.7. The van der Waals surface area contributed by atoms with Crippen molar-refractivity contribution >= 4 is 23.3 Å². The van der Waals surface area contributed by atoms with E-state index in [1.807, 2.05) is 42.5 Å². The van der Waals surface area contributed by atoms with Gasteiger partial charge in [-0.2, -0.15) is 0 Å². The smallest absolute Gasteiger partial charge is 0.321 e. The third-order valence-electron chi connectivity index (χ3n) is 3.79. The summed E-state index contributed by atoms with van der Waals surface area (Å²) >= 11 is 5.94. The maximum absolute atomic E-state index is 12.4. The number of urea groups is 1. The van der Waals surface area contributed by atoms with Gasteiger partial charge in [-0.25, -0.2) is 4.79 Å². The van der Waals surface area contributed by atoms with E-state index in [0.717, 1.165) is 25.1 Å². The molecule has 5 heteroatoms. The Labute approximate surface area is 141 Å². The maximum Gasteiger partial charge on any atom is 0.321 e. The number of nitrogens with zero attached hydrogens (tertiary/aromatic N) is 1. The van der Waals surface area contributed by atoms with Crippen molar-refractivity contribution in [1.29, 1.82) is 0 Å². The van der Waals surface area contributed by atoms with Crippen LogP contribution in [0.1, 0.15) is 12.8 Å². The van der Waals surface area contributed by atoms with E-state index in [2.05, 4.69) is 5.32 Å². The number of nitrogens with one attached hydrogen (secondary N) is 1. The van der Waals surface area contributed by atoms with Crippen LogP contribution in [0, 0.1) is 0 Å². The van der Waals surface area contributed by atoms with Crippen molar-refractivity contribution in [2.75, 3.05) is 18.4 Å². The Bertz CT molecular complexity index is 663. The van der Waals surface area contributed by atoms with E-state index >= 15 is 0 Å². The highest BCUT2D eigenvalue weighted by Crippen LogP contribution is 2.20. The zero-order valence-electron chi connectivity index (χ0n) is 12.7. The molecule has 1 heterocycles. The number of para-hydroxylation sites is 1. The highest BCUT2D eigenvalue weighted by molar-refractivity contribution is 6.30. The van der Waals surface area contributed by atoms with Crippen molar-refractivity contribution in [2.45, 2.75) is 18.9 Å². The Kier molecular flexibility index (Phi) is 5.03. The van der Waals surface area contributed by atoms with Gasteiger partial charge in [-0.15, -0.1) is 0 Å². The molecule has 1 fully saturated rings. The van der Waals surface area contributed by atoms with Crippen LogP contribution in [0.15, 0.2) is 54.6 Å². The largest absolute Gasteiger partial charge is 0.489 e. The topological polar surface area (TPSA) is 41.6 Å². The lowest BCUT2D eigenvalue weighted by Gasteiger charge is -2.33. The average Bonchev–Trinajstić information content (AvgIpc) is 2.56. The van der Waals surface area contributed by atoms with Crippen LogP contribution in [0.2, 0.25) is 5.02 Å². The first-order valence-electron chi connectivity index (χ1n) is 7.74. The van der Waals surface area contributed by atoms with Gasteiger partial charge in [0.1, 0.15) is 11.9 Å². The van der Waals surface area contributed by atoms with Crippen LogP contribution >= 0.6 is 11.6 Å². The van der Waals surface area contributed by atoms with Crippen molar-refractivity contribution in [1.82, 2.24) is 4.90 Å². The van der Waals surface area contributed by atoms with Gasteiger partial charge in [0.05, 0.1) is 6.54 Å². The summed E-state index contributed by atoms with van der Waals surface area (Å²) in [6.45, 7) is 1.32. The zero-order valence-corrected chi connectivity index (χ0v) is 13.5. The summed E-state index contributed by atoms with van der Waals surface area (Å²) in [6, 6.07) is 16.8. The monoisotopic (exact) mass is 330 g/mol. The van der Waals surface area contributed by atoms with E-state index in [0.29, 0.717) is 17.3 Å². The van der Waals surface area contributed by atoms with Gasteiger partial charge in [0.15, 0.2) is 0 Å². The number of carbonyl (C=O) groups excluding carboxylic acids is 1. The molecular formula is C18H19ClN2O2. The number of carbonyl (C=O) groups is 1. The highest BCUT2D eigenvalue weighted by Gasteiger charge is 2.25. The molecule has 1 N–H and O–H groups in total. The molecule has 0 saturated carbocycles. The van der Waals surface area contributed by atoms with Gasteiger partial charge < -0.3 is 15.0 Å². The first-order chi connectivity index (χ1) is 11.2. The molecule has 2 aromatic rings. The van der Waals surface area contributed by atoms with Crippen LogP contribution < -0.4 is 10.1 Å². The molecule has 0 radical (unpaired) electrons. The van der Waals surface area contributed by atoms with E-state index in [4.69, 9.17) is 16.3 Å². The molecule has 3 rings (SSSR count). The Morgan fingerprint density at radius 3 is 2.78 bits per heavy atom. The van der Waals surface area contributed by atoms with Gasteiger partial charge in [0, 0.05) is 17.3 Å². The zero-order chi connectivity index (χ0) is 16.1. The molecule has 2 aromatic carbocycles. The molecule has 0 aliphatic carbocycles. The molecule has 1 unspecified atom stereocenters. The SMILES string of the molecule is O=C(Nc1cccc(Cl)c1)N1CCCC(Oc2ccccc2)C1. The molecule has 0 aromatic heterocycles. The van der Waals surface area contributed by atoms with Crippen LogP contribution in [0.5, 0.6) is 5.75 Å². The summed E-state index contributed by atoms with van der Waals surface area (Å²) in [5, 5.41) is 3.49. The number of piperidine rings is 1. The molecule has 1 aliphatic heterocycles. The van der Waals surface area contributed by atoms with E-state index in [1.165, 1.54) is 0 Å². The number of hydrogen-bond acceptors (Lipinski definition) is 2. The normalized spacial score (nSPS) is 17.6. The number of amides is 2. The van der Waals surface area contributed by atoms with Crippen LogP contribution in [-0.4, -0.2) is 30.1 Å². The molecule has 1 aliphatic rings. The summed E-state index contributed by atoms with van der Waals surface area (Å²) in [5.74, 6) is 0.842. The van der Waals surface area contributed by atoms with Gasteiger partial charge in [-0.1, -0.05) is 35.9 Å². The molecule has 4 nitrogen and oxygen atoms in total. The molecule has 1 atom stereocenters. The highest BCUT2D eigenvalue weighted by atomic mass is 35.5. The fourth-order valence-corrected chi connectivity index (χ4v) is 2.87. The Balaban J connectivity index is 1.58. The van der Waals surface area contributed by atoms with E-state index in [-0.39, 0.29) is 12.1 Å². The summed E-state index contributed by atoms with van der Waals surface area (Å²) in [4.78, 5) is 14.2. The standard InChI is InChI=1S/C18H19ClN2O2/c19-14-6-4-7-15(12-14)20-18(22)21-11-5-10-17(13-21)23-16-8-2-1-3-9-16/h1-4,6-9,12,17H,5,10-11,13H2,(H,20,22). The first-order valence-corrected chi connectivity index (χ1v) is 8.12. The van der Waals surface area contributed by atoms with Crippen LogP contribution in [0.25, 0.3) is 0 Å². The summed E-state index contributed by atoms with van der Waals surface area (Å²) in [5.41, 5.74) is 0.702. The van der Waals surface area contributed by atoms with Crippen LogP contribution in [0.3, 0.4) is 0 Å². The van der Waals surface area contributed by atoms with Gasteiger partial charge in [0.25, 0.3) is 0 Å². The number of halogens is 1. The quantitative estimate of drug-likeness (QED) is 0.905. The second kappa shape index (κ2) is 7.38. The lowest BCUT2D eigenvalue weighted by molar-refractivity contribution is 0.106. The predicted octanol–water partition coefficient (Wildman–Crippen LogP) is 4.42. The summed E-state index contributed by atoms with van der Waals surface area (Å²) in [7, 11) is 0. The summed E-state index contributed by atoms with van der Waals surface area (Å²) < 4.78 is 5.96. The van der Waals surface area contributed by atoms with Gasteiger partial charge >= 0.3 is 6.03 Å². The number of rotatable bonds is 3. The molecule has 1 saturated heterocycles. The summed E-state index contributed by atoms with van der Waals surface area (Å²) in [6.07, 6.45) is 1.91. The van der Waals surface area contributed by atoms with Crippen LogP contribution in [0.4, 0.5) is 10.5 Å². The van der Waals surface area contributed by atoms with Crippen molar-refractivity contribution < 1.29 is 9.53 Å².